The van der Waals surface area contributed by atoms with Crippen molar-refractivity contribution in [3.05, 3.63) is 22.6 Å². The molecule has 1 atom stereocenters. The van der Waals surface area contributed by atoms with E-state index in [-0.39, 0.29) is 5.56 Å². The fraction of sp³-hybridized carbons (Fsp3) is 0.667. The van der Waals surface area contributed by atoms with Crippen LogP contribution in [0.25, 0.3) is 0 Å². The van der Waals surface area contributed by atoms with Gasteiger partial charge in [0.05, 0.1) is 0 Å². The smallest absolute Gasteiger partial charge is 0.266 e. The Morgan fingerprint density at radius 2 is 2.54 bits per heavy atom. The molecule has 1 aliphatic rings. The highest BCUT2D eigenvalue weighted by Gasteiger charge is 2.13. The quantitative estimate of drug-likeness (QED) is 0.683. The third-order valence-electron chi connectivity index (χ3n) is 2.56. The van der Waals surface area contributed by atoms with Crippen LogP contribution in [-0.2, 0) is 6.54 Å². The number of piperidine rings is 1. The lowest BCUT2D eigenvalue weighted by molar-refractivity contribution is 0.322. The van der Waals surface area contributed by atoms with E-state index < -0.39 is 0 Å². The van der Waals surface area contributed by atoms with Crippen LogP contribution < -0.4 is 10.9 Å². The summed E-state index contributed by atoms with van der Waals surface area (Å²) >= 11 is 0. The highest BCUT2D eigenvalue weighted by Crippen LogP contribution is 2.10. The molecule has 0 unspecified atom stereocenters. The number of aromatic nitrogens is 2. The van der Waals surface area contributed by atoms with Crippen LogP contribution in [0.15, 0.2) is 17.1 Å². The van der Waals surface area contributed by atoms with Gasteiger partial charge in [0, 0.05) is 18.8 Å². The highest BCUT2D eigenvalue weighted by molar-refractivity contribution is 4.81. The summed E-state index contributed by atoms with van der Waals surface area (Å²) < 4.78 is 1.68. The van der Waals surface area contributed by atoms with Gasteiger partial charge in [-0.25, -0.2) is 0 Å². The van der Waals surface area contributed by atoms with Crippen LogP contribution in [-0.4, -0.2) is 22.9 Å². The van der Waals surface area contributed by atoms with Crippen molar-refractivity contribution in [3.63, 3.8) is 0 Å². The number of hydrogen-bond acceptors (Lipinski definition) is 2. The fourth-order valence-corrected chi connectivity index (χ4v) is 1.83. The molecule has 0 aliphatic carbocycles. The summed E-state index contributed by atoms with van der Waals surface area (Å²) in [5, 5.41) is 6.27. The molecule has 1 aliphatic heterocycles. The van der Waals surface area contributed by atoms with Crippen LogP contribution >= 0.6 is 0 Å². The van der Waals surface area contributed by atoms with Gasteiger partial charge < -0.3 is 10.4 Å². The Morgan fingerprint density at radius 1 is 1.62 bits per heavy atom. The molecular weight excluding hydrogens is 166 g/mol. The normalized spacial score (nSPS) is 23.2. The van der Waals surface area contributed by atoms with E-state index in [1.807, 2.05) is 0 Å². The van der Waals surface area contributed by atoms with Crippen LogP contribution in [0, 0.1) is 5.92 Å². The first-order chi connectivity index (χ1) is 6.36. The Labute approximate surface area is 76.9 Å². The number of hydrogen-bond donors (Lipinski definition) is 2. The molecule has 1 fully saturated rings. The molecule has 1 aromatic heterocycles. The Hall–Kier alpha value is -1.03. The molecule has 0 bridgehead atoms. The van der Waals surface area contributed by atoms with Gasteiger partial charge in [0.1, 0.15) is 0 Å². The molecule has 2 N–H and O–H groups in total. The van der Waals surface area contributed by atoms with Crippen LogP contribution in [0.5, 0.6) is 0 Å². The van der Waals surface area contributed by atoms with Crippen molar-refractivity contribution in [1.29, 1.82) is 0 Å². The van der Waals surface area contributed by atoms with Gasteiger partial charge in [-0.2, -0.15) is 0 Å². The summed E-state index contributed by atoms with van der Waals surface area (Å²) in [5.74, 6) is 0.602. The Morgan fingerprint density at radius 3 is 3.15 bits per heavy atom. The van der Waals surface area contributed by atoms with Crippen LogP contribution in [0.1, 0.15) is 12.8 Å². The number of aromatic amines is 1. The van der Waals surface area contributed by atoms with E-state index in [0.717, 1.165) is 19.6 Å². The first-order valence-corrected chi connectivity index (χ1v) is 4.81. The molecule has 2 rings (SSSR count). The summed E-state index contributed by atoms with van der Waals surface area (Å²) in [5.41, 5.74) is 0.0746. The predicted molar refractivity (Wildman–Crippen MR) is 50.6 cm³/mol. The molecular formula is C9H15N3O. The van der Waals surface area contributed by atoms with Crippen molar-refractivity contribution in [2.75, 3.05) is 13.1 Å². The van der Waals surface area contributed by atoms with E-state index in [9.17, 15) is 4.79 Å². The molecule has 4 heteroatoms. The molecule has 4 nitrogen and oxygen atoms in total. The molecule has 2 heterocycles. The average Bonchev–Trinajstić information content (AvgIpc) is 2.54. The minimum atomic E-state index is 0.0746. The van der Waals surface area contributed by atoms with Crippen LogP contribution in [0.4, 0.5) is 0 Å². The molecule has 0 radical (unpaired) electrons. The van der Waals surface area contributed by atoms with E-state index in [1.165, 1.54) is 12.8 Å². The monoisotopic (exact) mass is 181 g/mol. The SMILES string of the molecule is O=c1cc[nH]n1C[C@H]1CCCNC1. The Bertz CT molecular complexity index is 309. The third-order valence-corrected chi connectivity index (χ3v) is 2.56. The largest absolute Gasteiger partial charge is 0.316 e. The summed E-state index contributed by atoms with van der Waals surface area (Å²) in [7, 11) is 0. The number of rotatable bonds is 2. The van der Waals surface area contributed by atoms with E-state index in [0.29, 0.717) is 5.92 Å². The van der Waals surface area contributed by atoms with E-state index in [1.54, 1.807) is 16.9 Å². The fourth-order valence-electron chi connectivity index (χ4n) is 1.83. The topological polar surface area (TPSA) is 49.8 Å². The lowest BCUT2D eigenvalue weighted by Crippen LogP contribution is -2.34. The third kappa shape index (κ3) is 2.01. The second-order valence-electron chi connectivity index (χ2n) is 3.62. The number of H-pyrrole nitrogens is 1. The van der Waals surface area contributed by atoms with E-state index in [2.05, 4.69) is 10.4 Å². The predicted octanol–water partition coefficient (Wildman–Crippen LogP) is 0.176. The van der Waals surface area contributed by atoms with Crippen molar-refractivity contribution in [3.8, 4) is 0 Å². The van der Waals surface area contributed by atoms with Crippen molar-refractivity contribution in [2.24, 2.45) is 5.92 Å². The first kappa shape index (κ1) is 8.56. The maximum absolute atomic E-state index is 11.2. The standard InChI is InChI=1S/C9H15N3O/c13-9-3-5-11-12(9)7-8-2-1-4-10-6-8/h3,5,8,10-11H,1-2,4,6-7H2/t8-/m0/s1. The van der Waals surface area contributed by atoms with Crippen molar-refractivity contribution >= 4 is 0 Å². The molecule has 72 valence electrons. The maximum Gasteiger partial charge on any atom is 0.266 e. The van der Waals surface area contributed by atoms with Crippen molar-refractivity contribution in [1.82, 2.24) is 15.1 Å². The minimum absolute atomic E-state index is 0.0746. The van der Waals surface area contributed by atoms with Gasteiger partial charge in [-0.1, -0.05) is 0 Å². The zero-order valence-electron chi connectivity index (χ0n) is 7.62. The lowest BCUT2D eigenvalue weighted by Gasteiger charge is -2.22. The molecule has 1 saturated heterocycles. The van der Waals surface area contributed by atoms with E-state index >= 15 is 0 Å². The molecule has 0 saturated carbocycles. The number of nitrogens with zero attached hydrogens (tertiary/aromatic N) is 1. The highest BCUT2D eigenvalue weighted by atomic mass is 16.1. The zero-order chi connectivity index (χ0) is 9.10. The van der Waals surface area contributed by atoms with Gasteiger partial charge in [0.25, 0.3) is 5.56 Å². The van der Waals surface area contributed by atoms with Gasteiger partial charge in [-0.15, -0.1) is 0 Å². The maximum atomic E-state index is 11.2. The van der Waals surface area contributed by atoms with Crippen molar-refractivity contribution in [2.45, 2.75) is 19.4 Å². The summed E-state index contributed by atoms with van der Waals surface area (Å²) in [6, 6.07) is 1.57. The number of nitrogens with one attached hydrogen (secondary N) is 2. The Balaban J connectivity index is 1.97. The first-order valence-electron chi connectivity index (χ1n) is 4.81. The van der Waals surface area contributed by atoms with Crippen LogP contribution in [0.2, 0.25) is 0 Å². The summed E-state index contributed by atoms with van der Waals surface area (Å²) in [4.78, 5) is 11.2. The van der Waals surface area contributed by atoms with Gasteiger partial charge in [0.15, 0.2) is 0 Å². The minimum Gasteiger partial charge on any atom is -0.316 e. The van der Waals surface area contributed by atoms with Gasteiger partial charge >= 0.3 is 0 Å². The molecule has 0 amide bonds. The van der Waals surface area contributed by atoms with Gasteiger partial charge in [-0.05, 0) is 31.8 Å². The second-order valence-corrected chi connectivity index (χ2v) is 3.62. The average molecular weight is 181 g/mol. The molecule has 1 aromatic rings. The summed E-state index contributed by atoms with van der Waals surface area (Å²) in [6.07, 6.45) is 4.14. The molecule has 0 aromatic carbocycles. The molecule has 0 spiro atoms. The van der Waals surface area contributed by atoms with Crippen LogP contribution in [0.3, 0.4) is 0 Å². The van der Waals surface area contributed by atoms with Crippen molar-refractivity contribution < 1.29 is 0 Å². The second kappa shape index (κ2) is 3.79. The zero-order valence-corrected chi connectivity index (χ0v) is 7.62. The van der Waals surface area contributed by atoms with Gasteiger partial charge in [-0.3, -0.25) is 9.48 Å². The molecule has 13 heavy (non-hydrogen) atoms. The lowest BCUT2D eigenvalue weighted by atomic mass is 10.00. The van der Waals surface area contributed by atoms with Gasteiger partial charge in [0.2, 0.25) is 0 Å². The van der Waals surface area contributed by atoms with E-state index in [4.69, 9.17) is 0 Å². The Kier molecular flexibility index (Phi) is 2.49. The summed E-state index contributed by atoms with van der Waals surface area (Å²) in [6.45, 7) is 2.97.